The summed E-state index contributed by atoms with van der Waals surface area (Å²) in [5, 5.41) is 10.1. The van der Waals surface area contributed by atoms with E-state index < -0.39 is 5.97 Å². The number of thiazole rings is 1. The van der Waals surface area contributed by atoms with Crippen LogP contribution in [0.4, 0.5) is 0 Å². The van der Waals surface area contributed by atoms with Gasteiger partial charge in [0.05, 0.1) is 36.3 Å². The van der Waals surface area contributed by atoms with Crippen molar-refractivity contribution < 1.29 is 23.8 Å². The smallest absolute Gasteiger partial charge is 0.313 e. The lowest BCUT2D eigenvalue weighted by molar-refractivity contribution is -0.145. The van der Waals surface area contributed by atoms with Crippen LogP contribution in [0.15, 0.2) is 23.2 Å². The largest absolute Gasteiger partial charge is 0.493 e. The van der Waals surface area contributed by atoms with Crippen LogP contribution in [-0.2, 0) is 14.3 Å². The number of carbonyl (C=O) groups is 2. The number of carbonyl (C=O) groups excluding carboxylic acids is 2. The highest BCUT2D eigenvalue weighted by atomic mass is 32.2. The monoisotopic (exact) mass is 447 g/mol. The van der Waals surface area contributed by atoms with Crippen LogP contribution in [0.2, 0.25) is 0 Å². The molecular formula is C20H21N3O5S2. The van der Waals surface area contributed by atoms with Crippen LogP contribution < -0.4 is 9.47 Å². The molecule has 8 nitrogen and oxygen atoms in total. The predicted octanol–water partition coefficient (Wildman–Crippen LogP) is 3.69. The molecule has 0 radical (unpaired) electrons. The molecule has 3 aromatic rings. The molecule has 2 aromatic heterocycles. The van der Waals surface area contributed by atoms with E-state index in [9.17, 15) is 9.59 Å². The van der Waals surface area contributed by atoms with Gasteiger partial charge < -0.3 is 14.2 Å². The van der Waals surface area contributed by atoms with E-state index in [0.29, 0.717) is 27.7 Å². The number of esters is 1. The highest BCUT2D eigenvalue weighted by Crippen LogP contribution is 2.38. The summed E-state index contributed by atoms with van der Waals surface area (Å²) >= 11 is 2.72. The van der Waals surface area contributed by atoms with Gasteiger partial charge in [-0.1, -0.05) is 11.8 Å². The van der Waals surface area contributed by atoms with Crippen molar-refractivity contribution in [1.29, 1.82) is 0 Å². The molecule has 0 fully saturated rings. The average molecular weight is 448 g/mol. The topological polar surface area (TPSA) is 101 Å². The van der Waals surface area contributed by atoms with Crippen LogP contribution in [0, 0.1) is 6.92 Å². The Labute approximate surface area is 182 Å². The maximum Gasteiger partial charge on any atom is 0.313 e. The molecule has 0 amide bonds. The summed E-state index contributed by atoms with van der Waals surface area (Å²) in [6.45, 7) is 3.86. The molecule has 10 heteroatoms. The number of aromatic nitrogens is 3. The molecular weight excluding hydrogens is 426 g/mol. The molecule has 0 saturated carbocycles. The Bertz CT molecular complexity index is 1080. The predicted molar refractivity (Wildman–Crippen MR) is 115 cm³/mol. The lowest BCUT2D eigenvalue weighted by Crippen LogP contribution is -2.12. The standard InChI is InChI=1S/C20H21N3O5S2/c1-5-28-16(25)9-13(24)10-29-20-18-19(30-11(2)21-18)17(22-23-20)12-6-7-14(26-3)15(8-12)27-4/h6-8H,5,9-10H2,1-4H3. The summed E-state index contributed by atoms with van der Waals surface area (Å²) in [5.74, 6) is 0.555. The van der Waals surface area contributed by atoms with Gasteiger partial charge in [0, 0.05) is 5.56 Å². The number of benzene rings is 1. The number of hydrogen-bond donors (Lipinski definition) is 0. The third-order valence-corrected chi connectivity index (χ3v) is 6.06. The van der Waals surface area contributed by atoms with Crippen molar-refractivity contribution >= 4 is 45.1 Å². The first-order valence-corrected chi connectivity index (χ1v) is 10.9. The van der Waals surface area contributed by atoms with Crippen LogP contribution in [0.5, 0.6) is 11.5 Å². The maximum atomic E-state index is 12.0. The molecule has 0 aliphatic rings. The maximum absolute atomic E-state index is 12.0. The van der Waals surface area contributed by atoms with Crippen LogP contribution in [-0.4, -0.2) is 53.5 Å². The van der Waals surface area contributed by atoms with E-state index in [1.807, 2.05) is 25.1 Å². The van der Waals surface area contributed by atoms with Crippen LogP contribution in [0.3, 0.4) is 0 Å². The number of ether oxygens (including phenoxy) is 3. The fourth-order valence-electron chi connectivity index (χ4n) is 2.76. The van der Waals surface area contributed by atoms with Gasteiger partial charge >= 0.3 is 5.97 Å². The molecule has 158 valence electrons. The van der Waals surface area contributed by atoms with Gasteiger partial charge in [-0.2, -0.15) is 0 Å². The number of nitrogens with zero attached hydrogens (tertiary/aromatic N) is 3. The molecule has 0 bridgehead atoms. The fraction of sp³-hybridized carbons (Fsp3) is 0.350. The number of methoxy groups -OCH3 is 2. The minimum absolute atomic E-state index is 0.0921. The molecule has 0 N–H and O–H groups in total. The normalized spacial score (nSPS) is 10.8. The van der Waals surface area contributed by atoms with Gasteiger partial charge in [-0.05, 0) is 32.0 Å². The zero-order chi connectivity index (χ0) is 21.7. The first kappa shape index (κ1) is 22.0. The minimum Gasteiger partial charge on any atom is -0.493 e. The molecule has 0 aliphatic carbocycles. The summed E-state index contributed by atoms with van der Waals surface area (Å²) in [5.41, 5.74) is 2.19. The zero-order valence-electron chi connectivity index (χ0n) is 17.1. The second-order valence-electron chi connectivity index (χ2n) is 6.14. The number of aryl methyl sites for hydroxylation is 1. The van der Waals surface area contributed by atoms with Gasteiger partial charge in [0.2, 0.25) is 0 Å². The second kappa shape index (κ2) is 9.86. The van der Waals surface area contributed by atoms with Crippen molar-refractivity contribution in [2.75, 3.05) is 26.6 Å². The number of fused-ring (bicyclic) bond motifs is 1. The zero-order valence-corrected chi connectivity index (χ0v) is 18.7. The number of Topliss-reactive ketones (excluding diaryl/α,β-unsaturated/α-hetero) is 1. The van der Waals surface area contributed by atoms with Gasteiger partial charge in [-0.3, -0.25) is 9.59 Å². The third-order valence-electron chi connectivity index (χ3n) is 4.07. The Hall–Kier alpha value is -2.72. The molecule has 0 spiro atoms. The van der Waals surface area contributed by atoms with E-state index in [0.717, 1.165) is 15.3 Å². The van der Waals surface area contributed by atoms with Crippen LogP contribution in [0.25, 0.3) is 21.5 Å². The van der Waals surface area contributed by atoms with E-state index in [1.165, 1.54) is 23.1 Å². The summed E-state index contributed by atoms with van der Waals surface area (Å²) < 4.78 is 16.4. The molecule has 3 rings (SSSR count). The minimum atomic E-state index is -0.521. The lowest BCUT2D eigenvalue weighted by atomic mass is 10.1. The van der Waals surface area contributed by atoms with Crippen molar-refractivity contribution in [2.24, 2.45) is 0 Å². The first-order valence-electron chi connectivity index (χ1n) is 9.13. The molecule has 1 aromatic carbocycles. The van der Waals surface area contributed by atoms with Crippen molar-refractivity contribution in [3.63, 3.8) is 0 Å². The molecule has 0 aliphatic heterocycles. The SMILES string of the molecule is CCOC(=O)CC(=O)CSc1nnc(-c2ccc(OC)c(OC)c2)c2sc(C)nc12. The van der Waals surface area contributed by atoms with Gasteiger partial charge in [0.25, 0.3) is 0 Å². The number of thioether (sulfide) groups is 1. The van der Waals surface area contributed by atoms with E-state index in [2.05, 4.69) is 15.2 Å². The van der Waals surface area contributed by atoms with Crippen LogP contribution >= 0.6 is 23.1 Å². The van der Waals surface area contributed by atoms with Gasteiger partial charge in [0.1, 0.15) is 22.7 Å². The number of ketones is 1. The van der Waals surface area contributed by atoms with Gasteiger partial charge in [-0.25, -0.2) is 4.98 Å². The Kier molecular flexibility index (Phi) is 7.22. The number of rotatable bonds is 9. The van der Waals surface area contributed by atoms with E-state index in [4.69, 9.17) is 14.2 Å². The van der Waals surface area contributed by atoms with E-state index in [1.54, 1.807) is 21.1 Å². The average Bonchev–Trinajstić information content (AvgIpc) is 3.13. The van der Waals surface area contributed by atoms with Gasteiger partial charge in [0.15, 0.2) is 17.3 Å². The highest BCUT2D eigenvalue weighted by Gasteiger charge is 2.19. The summed E-state index contributed by atoms with van der Waals surface area (Å²) in [4.78, 5) is 28.1. The van der Waals surface area contributed by atoms with Crippen molar-refractivity contribution in [3.05, 3.63) is 23.2 Å². The summed E-state index contributed by atoms with van der Waals surface area (Å²) in [7, 11) is 3.16. The quantitative estimate of drug-likeness (QED) is 0.276. The Balaban J connectivity index is 1.89. The Morgan fingerprint density at radius 3 is 2.60 bits per heavy atom. The van der Waals surface area contributed by atoms with Crippen LogP contribution in [0.1, 0.15) is 18.4 Å². The third kappa shape index (κ3) is 4.88. The van der Waals surface area contributed by atoms with Crippen molar-refractivity contribution in [2.45, 2.75) is 25.3 Å². The Morgan fingerprint density at radius 2 is 1.90 bits per heavy atom. The number of hydrogen-bond acceptors (Lipinski definition) is 10. The van der Waals surface area contributed by atoms with Gasteiger partial charge in [-0.15, -0.1) is 21.5 Å². The first-order chi connectivity index (χ1) is 14.5. The summed E-state index contributed by atoms with van der Waals surface area (Å²) in [6, 6.07) is 5.54. The lowest BCUT2D eigenvalue weighted by Gasteiger charge is -2.10. The molecule has 30 heavy (non-hydrogen) atoms. The molecule has 2 heterocycles. The second-order valence-corrected chi connectivity index (χ2v) is 8.31. The summed E-state index contributed by atoms with van der Waals surface area (Å²) in [6.07, 6.45) is -0.253. The molecule has 0 unspecified atom stereocenters. The van der Waals surface area contributed by atoms with E-state index in [-0.39, 0.29) is 24.6 Å². The molecule has 0 atom stereocenters. The van der Waals surface area contributed by atoms with Crippen molar-refractivity contribution in [1.82, 2.24) is 15.2 Å². The van der Waals surface area contributed by atoms with E-state index >= 15 is 0 Å². The highest BCUT2D eigenvalue weighted by molar-refractivity contribution is 8.00. The Morgan fingerprint density at radius 1 is 1.13 bits per heavy atom. The van der Waals surface area contributed by atoms with Crippen molar-refractivity contribution in [3.8, 4) is 22.8 Å². The fourth-order valence-corrected chi connectivity index (χ4v) is 4.54. The molecule has 0 saturated heterocycles.